The molecule has 1 unspecified atom stereocenters. The molecule has 3 heterocycles. The number of β-amino-alcohol motifs (C(OH)–C–C–N with tert-alkyl or cyclic N) is 1. The highest BCUT2D eigenvalue weighted by molar-refractivity contribution is 7.93. The molecule has 0 saturated carbocycles. The Morgan fingerprint density at radius 1 is 1.09 bits per heavy atom. The molecule has 0 bridgehead atoms. The summed E-state index contributed by atoms with van der Waals surface area (Å²) in [7, 11) is -1.50. The number of likely N-dealkylation sites (tertiary alicyclic amines) is 1. The van der Waals surface area contributed by atoms with E-state index in [1.807, 2.05) is 12.1 Å². The van der Waals surface area contributed by atoms with Crippen LogP contribution in [0.15, 0.2) is 82.4 Å². The number of fused-ring (bicyclic) bond motifs is 1. The Bertz CT molecular complexity index is 1840. The van der Waals surface area contributed by atoms with Crippen LogP contribution in [0, 0.1) is 0 Å². The number of aliphatic hydroxyl groups is 1. The molecule has 2 N–H and O–H groups in total. The number of nitrogens with one attached hydrogen (secondary N) is 1. The van der Waals surface area contributed by atoms with Crippen LogP contribution in [0.3, 0.4) is 0 Å². The van der Waals surface area contributed by atoms with Gasteiger partial charge in [0.05, 0.1) is 43.1 Å². The second-order valence-corrected chi connectivity index (χ2v) is 13.5. The zero-order valence-corrected chi connectivity index (χ0v) is 27.2. The zero-order chi connectivity index (χ0) is 32.6. The molecule has 4 aromatic rings. The topological polar surface area (TPSA) is 134 Å². The number of anilines is 1. The van der Waals surface area contributed by atoms with E-state index in [1.165, 1.54) is 57.0 Å². The number of hydrogen-bond acceptors (Lipinski definition) is 10. The number of sulfonamides is 1. The summed E-state index contributed by atoms with van der Waals surface area (Å²) in [5.41, 5.74) is -0.122. The summed E-state index contributed by atoms with van der Waals surface area (Å²) >= 11 is 6.63. The SMILES string of the molecule is CCCNCc1ccc(OC)c(C2(N3C[C@H](O)C[C@H]3c3ncco3)C(=O)N(S(=O)(=O)c3ccc(OC)cc3)c3ccc(Cl)cc32)c1. The molecule has 13 heteroatoms. The molecule has 3 aromatic carbocycles. The Labute approximate surface area is 272 Å². The van der Waals surface area contributed by atoms with Gasteiger partial charge >= 0.3 is 0 Å². The predicted molar refractivity (Wildman–Crippen MR) is 171 cm³/mol. The van der Waals surface area contributed by atoms with E-state index in [0.717, 1.165) is 22.8 Å². The van der Waals surface area contributed by atoms with Gasteiger partial charge in [-0.05, 0) is 79.5 Å². The molecular formula is C33H35ClN4O7S. The van der Waals surface area contributed by atoms with Crippen LogP contribution >= 0.6 is 11.6 Å². The number of amides is 1. The number of nitrogens with zero attached hydrogens (tertiary/aromatic N) is 3. The van der Waals surface area contributed by atoms with Crippen molar-refractivity contribution >= 4 is 33.2 Å². The van der Waals surface area contributed by atoms with E-state index in [9.17, 15) is 13.5 Å². The minimum atomic E-state index is -4.48. The van der Waals surface area contributed by atoms with Crippen molar-refractivity contribution in [1.29, 1.82) is 0 Å². The smallest absolute Gasteiger partial charge is 0.271 e. The Hall–Kier alpha value is -3.94. The van der Waals surface area contributed by atoms with Crippen molar-refractivity contribution in [2.45, 2.75) is 48.9 Å². The third-order valence-electron chi connectivity index (χ3n) is 8.51. The minimum absolute atomic E-state index is 0.00261. The van der Waals surface area contributed by atoms with Gasteiger partial charge in [-0.15, -0.1) is 0 Å². The molecule has 0 spiro atoms. The van der Waals surface area contributed by atoms with Gasteiger partial charge in [-0.1, -0.05) is 24.6 Å². The van der Waals surface area contributed by atoms with Crippen LogP contribution in [0.1, 0.15) is 48.4 Å². The summed E-state index contributed by atoms with van der Waals surface area (Å²) < 4.78 is 46.7. The Balaban J connectivity index is 1.65. The van der Waals surface area contributed by atoms with Gasteiger partial charge in [0, 0.05) is 29.2 Å². The predicted octanol–water partition coefficient (Wildman–Crippen LogP) is 4.63. The van der Waals surface area contributed by atoms with E-state index in [-0.39, 0.29) is 29.4 Å². The number of carbonyl (C=O) groups excluding carboxylic acids is 1. The lowest BCUT2D eigenvalue weighted by Crippen LogP contribution is -2.55. The van der Waals surface area contributed by atoms with Crippen molar-refractivity contribution in [3.63, 3.8) is 0 Å². The van der Waals surface area contributed by atoms with Crippen molar-refractivity contribution in [2.24, 2.45) is 0 Å². The number of methoxy groups -OCH3 is 2. The molecule has 0 aliphatic carbocycles. The number of benzene rings is 3. The van der Waals surface area contributed by atoms with Gasteiger partial charge in [0.25, 0.3) is 15.9 Å². The van der Waals surface area contributed by atoms with E-state index < -0.39 is 33.6 Å². The highest BCUT2D eigenvalue weighted by atomic mass is 35.5. The number of carbonyl (C=O) groups is 1. The van der Waals surface area contributed by atoms with E-state index >= 15 is 4.79 Å². The van der Waals surface area contributed by atoms with Crippen LogP contribution in [0.25, 0.3) is 0 Å². The molecule has 2 aliphatic heterocycles. The molecular weight excluding hydrogens is 632 g/mol. The van der Waals surface area contributed by atoms with Crippen molar-refractivity contribution in [3.05, 3.63) is 101 Å². The summed E-state index contributed by atoms with van der Waals surface area (Å²) in [5.74, 6) is 0.327. The van der Waals surface area contributed by atoms with Gasteiger partial charge in [0.1, 0.15) is 17.8 Å². The van der Waals surface area contributed by atoms with E-state index in [1.54, 1.807) is 23.1 Å². The molecule has 0 radical (unpaired) electrons. The lowest BCUT2D eigenvalue weighted by atomic mass is 9.80. The maximum Gasteiger partial charge on any atom is 0.271 e. The number of oxazole rings is 1. The summed E-state index contributed by atoms with van der Waals surface area (Å²) in [6.45, 7) is 3.35. The van der Waals surface area contributed by atoms with Gasteiger partial charge in [0.15, 0.2) is 5.54 Å². The van der Waals surface area contributed by atoms with Gasteiger partial charge in [0.2, 0.25) is 5.89 Å². The number of rotatable bonds is 11. The van der Waals surface area contributed by atoms with Gasteiger partial charge in [-0.3, -0.25) is 9.69 Å². The summed E-state index contributed by atoms with van der Waals surface area (Å²) in [4.78, 5) is 21.5. The standard InChI is InChI=1S/C33H35ClN4O7S/c1-4-13-35-19-21-5-12-30(44-3)27(16-21)33(37-20-23(39)18-29(37)31-36-14-15-45-31)26-17-22(34)6-11-28(26)38(32(33)40)46(41,42)25-9-7-24(43-2)8-10-25/h5-12,14-17,23,29,35,39H,4,13,18-20H2,1-3H3/t23-,29+,33?/m1/s1. The quantitative estimate of drug-likeness (QED) is 0.218. The molecule has 1 amide bonds. The lowest BCUT2D eigenvalue weighted by molar-refractivity contribution is -0.127. The van der Waals surface area contributed by atoms with Gasteiger partial charge in [-0.25, -0.2) is 17.7 Å². The Kier molecular flexibility index (Phi) is 8.83. The number of ether oxygens (including phenoxy) is 2. The summed E-state index contributed by atoms with van der Waals surface area (Å²) in [6, 6.07) is 15.3. The second-order valence-electron chi connectivity index (χ2n) is 11.3. The molecule has 1 aromatic heterocycles. The van der Waals surface area contributed by atoms with E-state index in [0.29, 0.717) is 34.2 Å². The van der Waals surface area contributed by atoms with E-state index in [4.69, 9.17) is 25.5 Å². The number of halogens is 1. The first-order chi connectivity index (χ1) is 22.2. The zero-order valence-electron chi connectivity index (χ0n) is 25.6. The van der Waals surface area contributed by atoms with Crippen LogP contribution in [-0.4, -0.2) is 62.7 Å². The normalized spacial score (nSPS) is 21.5. The van der Waals surface area contributed by atoms with Crippen molar-refractivity contribution < 1.29 is 32.2 Å². The number of aromatic nitrogens is 1. The lowest BCUT2D eigenvalue weighted by Gasteiger charge is -2.41. The van der Waals surface area contributed by atoms with Crippen molar-refractivity contribution in [2.75, 3.05) is 31.6 Å². The summed E-state index contributed by atoms with van der Waals surface area (Å²) in [5, 5.41) is 14.8. The number of aliphatic hydroxyl groups excluding tert-OH is 1. The van der Waals surface area contributed by atoms with Crippen LogP contribution in [0.5, 0.6) is 11.5 Å². The molecule has 11 nitrogen and oxygen atoms in total. The monoisotopic (exact) mass is 666 g/mol. The average molecular weight is 667 g/mol. The largest absolute Gasteiger partial charge is 0.497 e. The van der Waals surface area contributed by atoms with Crippen LogP contribution in [-0.2, 0) is 26.9 Å². The van der Waals surface area contributed by atoms with Gasteiger partial charge < -0.3 is 24.3 Å². The fourth-order valence-corrected chi connectivity index (χ4v) is 8.14. The molecule has 1 saturated heterocycles. The third kappa shape index (κ3) is 5.23. The second kappa shape index (κ2) is 12.7. The maximum absolute atomic E-state index is 15.4. The molecule has 1 fully saturated rings. The molecule has 2 aliphatic rings. The third-order valence-corrected chi connectivity index (χ3v) is 10.5. The molecule has 46 heavy (non-hydrogen) atoms. The average Bonchev–Trinajstić information content (AvgIpc) is 3.78. The Morgan fingerprint density at radius 3 is 2.54 bits per heavy atom. The van der Waals surface area contributed by atoms with E-state index in [2.05, 4.69) is 17.2 Å². The van der Waals surface area contributed by atoms with Crippen LogP contribution in [0.4, 0.5) is 5.69 Å². The highest BCUT2D eigenvalue weighted by Gasteiger charge is 2.63. The number of hydrogen-bond donors (Lipinski definition) is 2. The summed E-state index contributed by atoms with van der Waals surface area (Å²) in [6.07, 6.45) is 3.16. The Morgan fingerprint density at radius 2 is 1.87 bits per heavy atom. The first kappa shape index (κ1) is 32.0. The maximum atomic E-state index is 15.4. The first-order valence-corrected chi connectivity index (χ1v) is 16.7. The minimum Gasteiger partial charge on any atom is -0.497 e. The van der Waals surface area contributed by atoms with Crippen molar-refractivity contribution in [3.8, 4) is 11.5 Å². The van der Waals surface area contributed by atoms with Crippen molar-refractivity contribution in [1.82, 2.24) is 15.2 Å². The van der Waals surface area contributed by atoms with Gasteiger partial charge in [-0.2, -0.15) is 0 Å². The highest BCUT2D eigenvalue weighted by Crippen LogP contribution is 2.56. The molecule has 6 rings (SSSR count). The van der Waals surface area contributed by atoms with Crippen LogP contribution < -0.4 is 19.1 Å². The van der Waals surface area contributed by atoms with Crippen LogP contribution in [0.2, 0.25) is 5.02 Å². The molecule has 242 valence electrons. The fourth-order valence-electron chi connectivity index (χ4n) is 6.51. The first-order valence-electron chi connectivity index (χ1n) is 14.9. The fraction of sp³-hybridized carbons (Fsp3) is 0.333. The molecule has 3 atom stereocenters.